The molecule has 2 nitrogen and oxygen atoms in total. The Morgan fingerprint density at radius 1 is 0.299 bits per heavy atom. The van der Waals surface area contributed by atoms with Gasteiger partial charge in [-0.05, 0) is 136 Å². The quantitative estimate of drug-likeness (QED) is 0.164. The van der Waals surface area contributed by atoms with Gasteiger partial charge in [0.2, 0.25) is 0 Å². The molecule has 2 aliphatic carbocycles. The van der Waals surface area contributed by atoms with Crippen molar-refractivity contribution in [3.63, 3.8) is 0 Å². The smallest absolute Gasteiger partial charge is 0.159 e. The lowest BCUT2D eigenvalue weighted by molar-refractivity contribution is 0.670. The van der Waals surface area contributed by atoms with Gasteiger partial charge in [-0.25, -0.2) is 0 Å². The number of rotatable bonds is 4. The molecule has 0 atom stereocenters. The lowest BCUT2D eigenvalue weighted by atomic mass is 9.70. The molecule has 0 bridgehead atoms. The summed E-state index contributed by atoms with van der Waals surface area (Å²) in [4.78, 5) is 2.40. The average molecular weight is 850 g/mol. The number of para-hydroxylation sites is 2. The molecule has 12 aromatic carbocycles. The van der Waals surface area contributed by atoms with Crippen molar-refractivity contribution in [2.45, 2.75) is 5.41 Å². The van der Waals surface area contributed by atoms with Gasteiger partial charge in [0, 0.05) is 27.7 Å². The van der Waals surface area contributed by atoms with Crippen LogP contribution >= 0.6 is 0 Å². The van der Waals surface area contributed by atoms with E-state index < -0.39 is 5.41 Å². The van der Waals surface area contributed by atoms with Crippen LogP contribution in [-0.2, 0) is 5.41 Å². The first-order valence-corrected chi connectivity index (χ1v) is 23.3. The molecule has 2 heteroatoms. The Kier molecular flexibility index (Phi) is 7.46. The van der Waals surface area contributed by atoms with Crippen molar-refractivity contribution in [2.75, 3.05) is 4.90 Å². The molecular weight excluding hydrogens is 811 g/mol. The van der Waals surface area contributed by atoms with Crippen LogP contribution in [0.5, 0.6) is 0 Å². The summed E-state index contributed by atoms with van der Waals surface area (Å²) in [7, 11) is 0. The number of furan rings is 1. The molecule has 67 heavy (non-hydrogen) atoms. The summed E-state index contributed by atoms with van der Waals surface area (Å²) in [5, 5.41) is 12.1. The van der Waals surface area contributed by atoms with Crippen LogP contribution in [0.4, 0.5) is 17.1 Å². The monoisotopic (exact) mass is 849 g/mol. The van der Waals surface area contributed by atoms with E-state index in [4.69, 9.17) is 4.42 Å². The summed E-state index contributed by atoms with van der Waals surface area (Å²) in [6, 6.07) is 87.4. The molecule has 1 spiro atoms. The Balaban J connectivity index is 0.991. The first kappa shape index (κ1) is 36.6. The fourth-order valence-corrected chi connectivity index (χ4v) is 12.3. The minimum Gasteiger partial charge on any atom is -0.453 e. The Morgan fingerprint density at radius 2 is 0.821 bits per heavy atom. The Hall–Kier alpha value is -8.72. The highest BCUT2D eigenvalue weighted by molar-refractivity contribution is 6.27. The third kappa shape index (κ3) is 4.89. The molecule has 0 saturated heterocycles. The standard InChI is InChI=1S/C65H39NO/c1-2-18-42(19-3-1)66(43-34-36-53-52-27-12-15-31-59(52)65(60(53)39-43)57-29-13-10-25-50(57)51-26-11-14-30-58(51)65)61-32-16-28-54-56-37-40-17-4-5-20-44(40)62(64(56)67-63(54)61)41-33-35-49-47-23-7-6-21-45(47)46-22-8-9-24-48(46)55(49)38-41/h1-39H. The van der Waals surface area contributed by atoms with Gasteiger partial charge >= 0.3 is 0 Å². The van der Waals surface area contributed by atoms with E-state index in [1.807, 2.05) is 0 Å². The molecule has 0 aliphatic heterocycles. The summed E-state index contributed by atoms with van der Waals surface area (Å²) in [6.07, 6.45) is 0. The van der Waals surface area contributed by atoms with Gasteiger partial charge < -0.3 is 9.32 Å². The lowest BCUT2D eigenvalue weighted by Gasteiger charge is -2.32. The van der Waals surface area contributed by atoms with Crippen molar-refractivity contribution in [3.8, 4) is 33.4 Å². The molecular formula is C65H39NO. The Labute approximate surface area is 387 Å². The molecule has 310 valence electrons. The predicted molar refractivity (Wildman–Crippen MR) is 280 cm³/mol. The van der Waals surface area contributed by atoms with E-state index in [1.165, 1.54) is 87.6 Å². The SMILES string of the molecule is c1ccc(N(c2ccc3c(c2)C2(c4ccccc4-c4ccccc42)c2ccccc2-3)c2cccc3c2oc2c(-c4ccc5c6ccccc6c6ccccc6c5c4)c4ccccc4cc23)cc1. The van der Waals surface area contributed by atoms with E-state index in [0.29, 0.717) is 0 Å². The predicted octanol–water partition coefficient (Wildman–Crippen LogP) is 17.7. The third-order valence-electron chi connectivity index (χ3n) is 15.0. The molecule has 15 rings (SSSR count). The van der Waals surface area contributed by atoms with E-state index in [9.17, 15) is 0 Å². The van der Waals surface area contributed by atoms with Crippen molar-refractivity contribution >= 4 is 82.1 Å². The number of fused-ring (bicyclic) bond motifs is 20. The van der Waals surface area contributed by atoms with Crippen LogP contribution in [-0.4, -0.2) is 0 Å². The van der Waals surface area contributed by atoms with Gasteiger partial charge in [-0.2, -0.15) is 0 Å². The second-order valence-electron chi connectivity index (χ2n) is 18.2. The molecule has 13 aromatic rings. The van der Waals surface area contributed by atoms with Gasteiger partial charge in [-0.3, -0.25) is 0 Å². The summed E-state index contributed by atoms with van der Waals surface area (Å²) in [5.41, 5.74) is 17.1. The minimum atomic E-state index is -0.463. The maximum Gasteiger partial charge on any atom is 0.159 e. The van der Waals surface area contributed by atoms with Crippen molar-refractivity contribution < 1.29 is 4.42 Å². The molecule has 0 N–H and O–H groups in total. The first-order valence-electron chi connectivity index (χ1n) is 23.3. The van der Waals surface area contributed by atoms with Crippen LogP contribution in [0.1, 0.15) is 22.3 Å². The van der Waals surface area contributed by atoms with Gasteiger partial charge in [0.25, 0.3) is 0 Å². The van der Waals surface area contributed by atoms with Gasteiger partial charge in [0.05, 0.1) is 11.1 Å². The molecule has 1 heterocycles. The number of hydrogen-bond acceptors (Lipinski definition) is 2. The third-order valence-corrected chi connectivity index (χ3v) is 15.0. The highest BCUT2D eigenvalue weighted by atomic mass is 16.3. The van der Waals surface area contributed by atoms with Crippen molar-refractivity contribution in [3.05, 3.63) is 259 Å². The van der Waals surface area contributed by atoms with Crippen molar-refractivity contribution in [1.82, 2.24) is 0 Å². The molecule has 0 unspecified atom stereocenters. The topological polar surface area (TPSA) is 16.4 Å². The van der Waals surface area contributed by atoms with Crippen molar-refractivity contribution in [2.24, 2.45) is 0 Å². The van der Waals surface area contributed by atoms with Crippen LogP contribution in [0.2, 0.25) is 0 Å². The molecule has 0 saturated carbocycles. The van der Waals surface area contributed by atoms with E-state index in [-0.39, 0.29) is 0 Å². The second-order valence-corrected chi connectivity index (χ2v) is 18.2. The van der Waals surface area contributed by atoms with Gasteiger partial charge in [-0.15, -0.1) is 0 Å². The van der Waals surface area contributed by atoms with Crippen LogP contribution < -0.4 is 4.90 Å². The molecule has 0 fully saturated rings. The van der Waals surface area contributed by atoms with Gasteiger partial charge in [-0.1, -0.05) is 194 Å². The average Bonchev–Trinajstić information content (AvgIpc) is 4.02. The summed E-state index contributed by atoms with van der Waals surface area (Å²) >= 11 is 0. The fourth-order valence-electron chi connectivity index (χ4n) is 12.3. The van der Waals surface area contributed by atoms with Crippen LogP contribution in [0.25, 0.3) is 98.4 Å². The van der Waals surface area contributed by atoms with Crippen molar-refractivity contribution in [1.29, 1.82) is 0 Å². The number of nitrogens with zero attached hydrogens (tertiary/aromatic N) is 1. The maximum atomic E-state index is 7.46. The lowest BCUT2D eigenvalue weighted by Crippen LogP contribution is -2.26. The number of hydrogen-bond donors (Lipinski definition) is 0. The summed E-state index contributed by atoms with van der Waals surface area (Å²) in [5.74, 6) is 0. The normalized spacial score (nSPS) is 13.2. The largest absolute Gasteiger partial charge is 0.453 e. The number of benzene rings is 12. The highest BCUT2D eigenvalue weighted by Gasteiger charge is 2.51. The van der Waals surface area contributed by atoms with E-state index in [1.54, 1.807) is 0 Å². The Morgan fingerprint density at radius 3 is 1.48 bits per heavy atom. The second kappa shape index (κ2) is 13.7. The highest BCUT2D eigenvalue weighted by Crippen LogP contribution is 2.63. The zero-order chi connectivity index (χ0) is 43.8. The zero-order valence-electron chi connectivity index (χ0n) is 36.4. The fraction of sp³-hybridized carbons (Fsp3) is 0.0154. The first-order chi connectivity index (χ1) is 33.3. The molecule has 0 amide bonds. The molecule has 2 aliphatic rings. The molecule has 0 radical (unpaired) electrons. The summed E-state index contributed by atoms with van der Waals surface area (Å²) < 4.78 is 7.46. The van der Waals surface area contributed by atoms with E-state index in [0.717, 1.165) is 50.1 Å². The maximum absolute atomic E-state index is 7.46. The summed E-state index contributed by atoms with van der Waals surface area (Å²) in [6.45, 7) is 0. The van der Waals surface area contributed by atoms with Gasteiger partial charge in [0.1, 0.15) is 5.58 Å². The zero-order valence-corrected chi connectivity index (χ0v) is 36.4. The Bertz CT molecular complexity index is 4140. The van der Waals surface area contributed by atoms with Crippen LogP contribution in [0.15, 0.2) is 241 Å². The van der Waals surface area contributed by atoms with E-state index >= 15 is 0 Å². The van der Waals surface area contributed by atoms with Crippen LogP contribution in [0, 0.1) is 0 Å². The number of anilines is 3. The minimum absolute atomic E-state index is 0.463. The van der Waals surface area contributed by atoms with Crippen LogP contribution in [0.3, 0.4) is 0 Å². The van der Waals surface area contributed by atoms with Gasteiger partial charge in [0.15, 0.2) is 5.58 Å². The van der Waals surface area contributed by atoms with E-state index in [2.05, 4.69) is 241 Å². The molecule has 1 aromatic heterocycles.